The van der Waals surface area contributed by atoms with Crippen LogP contribution in [0.2, 0.25) is 0 Å². The van der Waals surface area contributed by atoms with E-state index in [0.717, 1.165) is 11.3 Å². The molecule has 6 nitrogen and oxygen atoms in total. The first-order chi connectivity index (χ1) is 11.4. The van der Waals surface area contributed by atoms with Crippen molar-refractivity contribution >= 4 is 11.6 Å². The smallest absolute Gasteiger partial charge is 0.243 e. The third-order valence-electron chi connectivity index (χ3n) is 4.05. The van der Waals surface area contributed by atoms with E-state index in [0.29, 0.717) is 37.3 Å². The molecule has 0 fully saturated rings. The molecule has 132 valence electrons. The molecular weight excluding hydrogens is 308 g/mol. The lowest BCUT2D eigenvalue weighted by molar-refractivity contribution is -0.132. The molecule has 0 bridgehead atoms. The summed E-state index contributed by atoms with van der Waals surface area (Å²) in [5, 5.41) is 15.1. The normalized spacial score (nSPS) is 17.3. The number of carbonyl (C=O) groups is 1. The molecule has 1 heterocycles. The molecule has 1 aromatic rings. The summed E-state index contributed by atoms with van der Waals surface area (Å²) in [5.74, 6) is 1.28. The van der Waals surface area contributed by atoms with Crippen LogP contribution >= 0.6 is 0 Å². The number of amides is 1. The van der Waals surface area contributed by atoms with Gasteiger partial charge in [-0.25, -0.2) is 5.01 Å². The van der Waals surface area contributed by atoms with Crippen LogP contribution < -0.4 is 9.47 Å². The van der Waals surface area contributed by atoms with Gasteiger partial charge in [0.25, 0.3) is 0 Å². The second-order valence-corrected chi connectivity index (χ2v) is 6.73. The highest BCUT2D eigenvalue weighted by atomic mass is 16.5. The average molecular weight is 334 g/mol. The molecule has 0 radical (unpaired) electrons. The van der Waals surface area contributed by atoms with Crippen LogP contribution in [0.5, 0.6) is 11.5 Å². The Balaban J connectivity index is 2.41. The molecule has 1 N–H and O–H groups in total. The van der Waals surface area contributed by atoms with Crippen molar-refractivity contribution in [2.24, 2.45) is 10.5 Å². The fourth-order valence-corrected chi connectivity index (χ4v) is 2.82. The monoisotopic (exact) mass is 334 g/mol. The van der Waals surface area contributed by atoms with Gasteiger partial charge < -0.3 is 14.6 Å². The number of methoxy groups -OCH3 is 2. The molecule has 24 heavy (non-hydrogen) atoms. The molecule has 1 amide bonds. The van der Waals surface area contributed by atoms with Crippen molar-refractivity contribution in [2.45, 2.75) is 33.1 Å². The minimum absolute atomic E-state index is 0.0103. The summed E-state index contributed by atoms with van der Waals surface area (Å²) >= 11 is 0. The van der Waals surface area contributed by atoms with Gasteiger partial charge in [0.05, 0.1) is 19.9 Å². The number of aliphatic hydroxyl groups excluding tert-OH is 1. The first-order valence-electron chi connectivity index (χ1n) is 8.11. The molecule has 0 atom stereocenters. The predicted molar refractivity (Wildman–Crippen MR) is 92.5 cm³/mol. The van der Waals surface area contributed by atoms with Gasteiger partial charge in [-0.3, -0.25) is 4.79 Å². The number of hydrogen-bond acceptors (Lipinski definition) is 5. The summed E-state index contributed by atoms with van der Waals surface area (Å²) in [6, 6.07) is 5.65. The van der Waals surface area contributed by atoms with Crippen molar-refractivity contribution in [3.05, 3.63) is 23.8 Å². The summed E-state index contributed by atoms with van der Waals surface area (Å²) in [6.07, 6.45) is 1.62. The number of benzene rings is 1. The second-order valence-electron chi connectivity index (χ2n) is 6.73. The number of aliphatic hydroxyl groups is 1. The maximum Gasteiger partial charge on any atom is 0.243 e. The standard InChI is InChI=1S/C18H26N2O4/c1-18(2)11-14(19-20(8-5-9-21)17(22)12-18)13-6-7-15(23-3)16(10-13)24-4/h6-7,10,21H,5,8-9,11-12H2,1-4H3. The molecular formula is C18H26N2O4. The summed E-state index contributed by atoms with van der Waals surface area (Å²) < 4.78 is 10.6. The molecule has 0 spiro atoms. The van der Waals surface area contributed by atoms with E-state index in [4.69, 9.17) is 14.6 Å². The van der Waals surface area contributed by atoms with Crippen molar-refractivity contribution in [3.63, 3.8) is 0 Å². The number of nitrogens with zero attached hydrogens (tertiary/aromatic N) is 2. The van der Waals surface area contributed by atoms with Gasteiger partial charge in [-0.15, -0.1) is 0 Å². The van der Waals surface area contributed by atoms with Crippen molar-refractivity contribution in [2.75, 3.05) is 27.4 Å². The predicted octanol–water partition coefficient (Wildman–Crippen LogP) is 2.44. The van der Waals surface area contributed by atoms with Crippen molar-refractivity contribution < 1.29 is 19.4 Å². The molecule has 0 saturated carbocycles. The van der Waals surface area contributed by atoms with Gasteiger partial charge in [0.1, 0.15) is 0 Å². The maximum atomic E-state index is 12.4. The molecule has 0 saturated heterocycles. The van der Waals surface area contributed by atoms with E-state index in [1.165, 1.54) is 5.01 Å². The lowest BCUT2D eigenvalue weighted by atomic mass is 9.82. The zero-order valence-electron chi connectivity index (χ0n) is 14.8. The van der Waals surface area contributed by atoms with Crippen LogP contribution in [-0.2, 0) is 4.79 Å². The Morgan fingerprint density at radius 1 is 1.21 bits per heavy atom. The molecule has 0 aliphatic carbocycles. The van der Waals surface area contributed by atoms with Crippen LogP contribution in [0.3, 0.4) is 0 Å². The highest BCUT2D eigenvalue weighted by Gasteiger charge is 2.31. The second kappa shape index (κ2) is 7.66. The van der Waals surface area contributed by atoms with Gasteiger partial charge >= 0.3 is 0 Å². The van der Waals surface area contributed by atoms with Crippen LogP contribution in [0, 0.1) is 5.41 Å². The van der Waals surface area contributed by atoms with E-state index < -0.39 is 0 Å². The van der Waals surface area contributed by atoms with Crippen molar-refractivity contribution in [1.82, 2.24) is 5.01 Å². The van der Waals surface area contributed by atoms with Gasteiger partial charge in [-0.2, -0.15) is 5.10 Å². The number of carbonyl (C=O) groups excluding carboxylic acids is 1. The SMILES string of the molecule is COc1ccc(C2=NN(CCCO)C(=O)CC(C)(C)C2)cc1OC. The molecule has 0 unspecified atom stereocenters. The van der Waals surface area contributed by atoms with Gasteiger partial charge in [0.2, 0.25) is 5.91 Å². The Labute approximate surface area is 143 Å². The Morgan fingerprint density at radius 2 is 1.92 bits per heavy atom. The Bertz CT molecular complexity index is 625. The lowest BCUT2D eigenvalue weighted by Gasteiger charge is -2.22. The number of hydrogen-bond donors (Lipinski definition) is 1. The third kappa shape index (κ3) is 4.26. The molecule has 6 heteroatoms. The van der Waals surface area contributed by atoms with Crippen LogP contribution in [0.15, 0.2) is 23.3 Å². The first-order valence-corrected chi connectivity index (χ1v) is 8.11. The minimum atomic E-state index is -0.183. The number of rotatable bonds is 6. The summed E-state index contributed by atoms with van der Waals surface area (Å²) in [6.45, 7) is 4.59. The Kier molecular flexibility index (Phi) is 5.83. The maximum absolute atomic E-state index is 12.4. The first kappa shape index (κ1) is 18.3. The largest absolute Gasteiger partial charge is 0.493 e. The highest BCUT2D eigenvalue weighted by molar-refractivity contribution is 6.03. The Hall–Kier alpha value is -2.08. The van der Waals surface area contributed by atoms with E-state index in [1.807, 2.05) is 18.2 Å². The van der Waals surface area contributed by atoms with E-state index in [2.05, 4.69) is 18.9 Å². The van der Waals surface area contributed by atoms with Crippen molar-refractivity contribution in [1.29, 1.82) is 0 Å². The highest BCUT2D eigenvalue weighted by Crippen LogP contribution is 2.34. The molecule has 1 aliphatic rings. The minimum Gasteiger partial charge on any atom is -0.493 e. The zero-order chi connectivity index (χ0) is 17.7. The molecule has 2 rings (SSSR count). The molecule has 1 aliphatic heterocycles. The summed E-state index contributed by atoms with van der Waals surface area (Å²) in [4.78, 5) is 12.4. The Morgan fingerprint density at radius 3 is 2.54 bits per heavy atom. The van der Waals surface area contributed by atoms with Gasteiger partial charge in [0, 0.05) is 25.1 Å². The van der Waals surface area contributed by atoms with Crippen molar-refractivity contribution in [3.8, 4) is 11.5 Å². The number of hydrazone groups is 1. The average Bonchev–Trinajstić information content (AvgIpc) is 2.67. The summed E-state index contributed by atoms with van der Waals surface area (Å²) in [5.41, 5.74) is 1.56. The van der Waals surface area contributed by atoms with Crippen LogP contribution in [0.25, 0.3) is 0 Å². The van der Waals surface area contributed by atoms with Crippen LogP contribution in [0.4, 0.5) is 0 Å². The topological polar surface area (TPSA) is 71.4 Å². The van der Waals surface area contributed by atoms with Gasteiger partial charge in [-0.1, -0.05) is 13.8 Å². The van der Waals surface area contributed by atoms with Gasteiger partial charge in [-0.05, 0) is 36.5 Å². The third-order valence-corrected chi connectivity index (χ3v) is 4.05. The van der Waals surface area contributed by atoms with E-state index in [-0.39, 0.29) is 17.9 Å². The van der Waals surface area contributed by atoms with E-state index in [1.54, 1.807) is 14.2 Å². The summed E-state index contributed by atoms with van der Waals surface area (Å²) in [7, 11) is 3.19. The fraction of sp³-hybridized carbons (Fsp3) is 0.556. The van der Waals surface area contributed by atoms with Gasteiger partial charge in [0.15, 0.2) is 11.5 Å². The quantitative estimate of drug-likeness (QED) is 0.867. The van der Waals surface area contributed by atoms with Crippen LogP contribution in [-0.4, -0.2) is 49.1 Å². The zero-order valence-corrected chi connectivity index (χ0v) is 14.8. The van der Waals surface area contributed by atoms with E-state index >= 15 is 0 Å². The molecule has 1 aromatic carbocycles. The number of ether oxygens (including phenoxy) is 2. The van der Waals surface area contributed by atoms with E-state index in [9.17, 15) is 4.79 Å². The molecule has 0 aromatic heterocycles. The van der Waals surface area contributed by atoms with Crippen LogP contribution in [0.1, 0.15) is 38.7 Å². The lowest BCUT2D eigenvalue weighted by Crippen LogP contribution is -2.29. The fourth-order valence-electron chi connectivity index (χ4n) is 2.82.